The molecule has 3 amide bonds. The van der Waals surface area contributed by atoms with Crippen LogP contribution in [0.1, 0.15) is 28.8 Å². The Bertz CT molecular complexity index is 1600. The molecule has 0 spiro atoms. The average Bonchev–Trinajstić information content (AvgIpc) is 3.48. The van der Waals surface area contributed by atoms with Crippen LogP contribution in [-0.2, 0) is 29.2 Å². The van der Waals surface area contributed by atoms with Gasteiger partial charge < -0.3 is 9.47 Å². The van der Waals surface area contributed by atoms with Crippen LogP contribution < -0.4 is 10.9 Å². The summed E-state index contributed by atoms with van der Waals surface area (Å²) in [7, 11) is 0. The van der Waals surface area contributed by atoms with Crippen LogP contribution in [0.5, 0.6) is 0 Å². The second kappa shape index (κ2) is 8.56. The third kappa shape index (κ3) is 3.76. The molecule has 0 saturated carbocycles. The molecule has 1 atom stereocenters. The first-order chi connectivity index (χ1) is 17.5. The standard InChI is InChI=1S/C26H22N6O4/c33-23-8-7-22(24(34)27-23)32-14-18-13-17(5-6-20(18)26(32)36)21-15-31(29-28-21)12-11-30-10-9-16-3-1-2-4-19(16)25(30)35/h1-6,9-10,13,15,22H,7-8,11-12,14H2,(H,27,33,34). The van der Waals surface area contributed by atoms with E-state index in [-0.39, 0.29) is 23.8 Å². The molecule has 1 fully saturated rings. The van der Waals surface area contributed by atoms with Crippen molar-refractivity contribution < 1.29 is 14.4 Å². The topological polar surface area (TPSA) is 119 Å². The molecule has 4 aromatic rings. The monoisotopic (exact) mass is 482 g/mol. The van der Waals surface area contributed by atoms with Gasteiger partial charge in [-0.1, -0.05) is 29.5 Å². The maximum atomic E-state index is 12.9. The van der Waals surface area contributed by atoms with Crippen molar-refractivity contribution in [1.29, 1.82) is 0 Å². The molecule has 0 bridgehead atoms. The SMILES string of the molecule is O=C1CCC(N2Cc3cc(-c4cn(CCn5ccc6ccccc6c5=O)nn4)ccc3C2=O)C(=O)N1. The lowest BCUT2D eigenvalue weighted by Crippen LogP contribution is -2.52. The van der Waals surface area contributed by atoms with Crippen molar-refractivity contribution in [3.8, 4) is 11.3 Å². The number of hydrogen-bond donors (Lipinski definition) is 1. The van der Waals surface area contributed by atoms with Crippen molar-refractivity contribution in [3.63, 3.8) is 0 Å². The number of fused-ring (bicyclic) bond motifs is 2. The second-order valence-corrected chi connectivity index (χ2v) is 9.04. The fourth-order valence-electron chi connectivity index (χ4n) is 4.89. The molecule has 10 heteroatoms. The zero-order valence-electron chi connectivity index (χ0n) is 19.3. The summed E-state index contributed by atoms with van der Waals surface area (Å²) in [4.78, 5) is 50.9. The molecule has 10 nitrogen and oxygen atoms in total. The molecule has 0 aliphatic carbocycles. The summed E-state index contributed by atoms with van der Waals surface area (Å²) in [5.41, 5.74) is 2.76. The smallest absolute Gasteiger partial charge is 0.258 e. The lowest BCUT2D eigenvalue weighted by Gasteiger charge is -2.29. The van der Waals surface area contributed by atoms with E-state index in [9.17, 15) is 19.2 Å². The van der Waals surface area contributed by atoms with Gasteiger partial charge in [0.25, 0.3) is 11.5 Å². The quantitative estimate of drug-likeness (QED) is 0.433. The van der Waals surface area contributed by atoms with Gasteiger partial charge in [-0.3, -0.25) is 29.2 Å². The molecule has 0 radical (unpaired) electrons. The van der Waals surface area contributed by atoms with E-state index >= 15 is 0 Å². The number of carbonyl (C=O) groups excluding carboxylic acids is 3. The van der Waals surface area contributed by atoms with E-state index < -0.39 is 11.9 Å². The molecule has 1 unspecified atom stereocenters. The minimum Gasteiger partial charge on any atom is -0.322 e. The fraction of sp³-hybridized carbons (Fsp3) is 0.231. The summed E-state index contributed by atoms with van der Waals surface area (Å²) in [5.74, 6) is -0.951. The lowest BCUT2D eigenvalue weighted by atomic mass is 10.0. The van der Waals surface area contributed by atoms with Crippen molar-refractivity contribution in [2.75, 3.05) is 0 Å². The molecule has 1 saturated heterocycles. The Hall–Kier alpha value is -4.60. The predicted octanol–water partition coefficient (Wildman–Crippen LogP) is 1.72. The molecule has 4 heterocycles. The van der Waals surface area contributed by atoms with Gasteiger partial charge in [0.2, 0.25) is 11.8 Å². The predicted molar refractivity (Wildman–Crippen MR) is 130 cm³/mol. The van der Waals surface area contributed by atoms with Gasteiger partial charge in [0, 0.05) is 42.2 Å². The molecule has 2 aromatic carbocycles. The number of nitrogens with one attached hydrogen (secondary N) is 1. The Morgan fingerprint density at radius 2 is 1.86 bits per heavy atom. The molecule has 6 rings (SSSR count). The summed E-state index contributed by atoms with van der Waals surface area (Å²) in [5, 5.41) is 12.4. The third-order valence-electron chi connectivity index (χ3n) is 6.81. The molecule has 180 valence electrons. The van der Waals surface area contributed by atoms with E-state index in [1.165, 1.54) is 4.90 Å². The number of imide groups is 1. The maximum Gasteiger partial charge on any atom is 0.258 e. The minimum absolute atomic E-state index is 0.0442. The minimum atomic E-state index is -0.648. The first-order valence-corrected chi connectivity index (χ1v) is 11.7. The summed E-state index contributed by atoms with van der Waals surface area (Å²) in [6.45, 7) is 1.22. The Balaban J connectivity index is 1.17. The number of aryl methyl sites for hydroxylation is 2. The Kier molecular flexibility index (Phi) is 5.21. The zero-order valence-corrected chi connectivity index (χ0v) is 19.3. The largest absolute Gasteiger partial charge is 0.322 e. The van der Waals surface area contributed by atoms with Crippen molar-refractivity contribution in [2.24, 2.45) is 0 Å². The van der Waals surface area contributed by atoms with Gasteiger partial charge >= 0.3 is 0 Å². The highest BCUT2D eigenvalue weighted by molar-refractivity contribution is 6.05. The van der Waals surface area contributed by atoms with Crippen LogP contribution in [0.2, 0.25) is 0 Å². The Labute approximate surface area is 205 Å². The Morgan fingerprint density at radius 3 is 2.72 bits per heavy atom. The number of piperidine rings is 1. The molecule has 2 aliphatic rings. The van der Waals surface area contributed by atoms with Crippen molar-refractivity contribution in [3.05, 3.63) is 82.4 Å². The van der Waals surface area contributed by atoms with Crippen LogP contribution in [0.3, 0.4) is 0 Å². The van der Waals surface area contributed by atoms with Crippen LogP contribution in [0.25, 0.3) is 22.0 Å². The molecule has 36 heavy (non-hydrogen) atoms. The highest BCUT2D eigenvalue weighted by atomic mass is 16.2. The molecule has 2 aliphatic heterocycles. The van der Waals surface area contributed by atoms with E-state index in [0.29, 0.717) is 42.7 Å². The van der Waals surface area contributed by atoms with E-state index in [2.05, 4.69) is 15.6 Å². The number of benzene rings is 2. The maximum absolute atomic E-state index is 12.9. The summed E-state index contributed by atoms with van der Waals surface area (Å²) in [6.07, 6.45) is 4.14. The average molecular weight is 483 g/mol. The molecule has 2 aromatic heterocycles. The summed E-state index contributed by atoms with van der Waals surface area (Å²) in [6, 6.07) is 14.2. The number of hydrogen-bond acceptors (Lipinski definition) is 6. The second-order valence-electron chi connectivity index (χ2n) is 9.04. The first kappa shape index (κ1) is 21.9. The van der Waals surface area contributed by atoms with Crippen LogP contribution in [0.4, 0.5) is 0 Å². The van der Waals surface area contributed by atoms with Gasteiger partial charge in [0.15, 0.2) is 0 Å². The first-order valence-electron chi connectivity index (χ1n) is 11.7. The van der Waals surface area contributed by atoms with Gasteiger partial charge in [0.1, 0.15) is 11.7 Å². The van der Waals surface area contributed by atoms with Crippen LogP contribution >= 0.6 is 0 Å². The molecular formula is C26H22N6O4. The van der Waals surface area contributed by atoms with Gasteiger partial charge in [-0.15, -0.1) is 5.10 Å². The van der Waals surface area contributed by atoms with Crippen LogP contribution in [0.15, 0.2) is 65.7 Å². The van der Waals surface area contributed by atoms with E-state index in [0.717, 1.165) is 16.5 Å². The summed E-state index contributed by atoms with van der Waals surface area (Å²) < 4.78 is 3.35. The van der Waals surface area contributed by atoms with Crippen molar-refractivity contribution in [1.82, 2.24) is 29.8 Å². The number of pyridine rings is 1. The van der Waals surface area contributed by atoms with Gasteiger partial charge in [-0.05, 0) is 41.6 Å². The van der Waals surface area contributed by atoms with E-state index in [1.807, 2.05) is 48.7 Å². The van der Waals surface area contributed by atoms with Gasteiger partial charge in [-0.25, -0.2) is 0 Å². The lowest BCUT2D eigenvalue weighted by molar-refractivity contribution is -0.136. The number of rotatable bonds is 5. The van der Waals surface area contributed by atoms with E-state index in [4.69, 9.17) is 0 Å². The number of nitrogens with zero attached hydrogens (tertiary/aromatic N) is 5. The fourth-order valence-corrected chi connectivity index (χ4v) is 4.89. The normalized spacial score (nSPS) is 17.5. The highest BCUT2D eigenvalue weighted by Gasteiger charge is 2.39. The molecule has 1 N–H and O–H groups in total. The van der Waals surface area contributed by atoms with Gasteiger partial charge in [0.05, 0.1) is 12.7 Å². The van der Waals surface area contributed by atoms with Crippen molar-refractivity contribution >= 4 is 28.5 Å². The third-order valence-corrected chi connectivity index (χ3v) is 6.81. The highest BCUT2D eigenvalue weighted by Crippen LogP contribution is 2.30. The van der Waals surface area contributed by atoms with E-state index in [1.54, 1.807) is 21.5 Å². The van der Waals surface area contributed by atoms with Gasteiger partial charge in [-0.2, -0.15) is 0 Å². The Morgan fingerprint density at radius 1 is 1.00 bits per heavy atom. The number of aromatic nitrogens is 4. The molecular weight excluding hydrogens is 460 g/mol. The number of amides is 3. The zero-order chi connectivity index (χ0) is 24.8. The number of carbonyl (C=O) groups is 3. The summed E-state index contributed by atoms with van der Waals surface area (Å²) >= 11 is 0. The van der Waals surface area contributed by atoms with Crippen LogP contribution in [-0.4, -0.2) is 48.2 Å². The van der Waals surface area contributed by atoms with Crippen LogP contribution in [0, 0.1) is 0 Å². The van der Waals surface area contributed by atoms with Crippen molar-refractivity contribution in [2.45, 2.75) is 38.5 Å².